The van der Waals surface area contributed by atoms with Crippen LogP contribution in [0, 0.1) is 0 Å². The molecule has 1 saturated carbocycles. The highest BCUT2D eigenvalue weighted by Gasteiger charge is 2.47. The van der Waals surface area contributed by atoms with Gasteiger partial charge in [-0.05, 0) is 43.8 Å². The van der Waals surface area contributed by atoms with Crippen LogP contribution in [-0.4, -0.2) is 33.4 Å². The molecule has 0 N–H and O–H groups in total. The fourth-order valence-electron chi connectivity index (χ4n) is 2.88. The second kappa shape index (κ2) is 6.07. The van der Waals surface area contributed by atoms with Crippen molar-refractivity contribution in [1.29, 1.82) is 0 Å². The van der Waals surface area contributed by atoms with E-state index in [0.29, 0.717) is 0 Å². The molecule has 1 aliphatic carbocycles. The minimum atomic E-state index is -1.79. The molecule has 0 bridgehead atoms. The van der Waals surface area contributed by atoms with Gasteiger partial charge in [0.1, 0.15) is 0 Å². The summed E-state index contributed by atoms with van der Waals surface area (Å²) in [5.41, 5.74) is 0. The molecule has 0 aromatic carbocycles. The van der Waals surface area contributed by atoms with Gasteiger partial charge < -0.3 is 13.9 Å². The third kappa shape index (κ3) is 3.84. The Labute approximate surface area is 125 Å². The van der Waals surface area contributed by atoms with E-state index in [1.54, 1.807) is 0 Å². The highest BCUT2D eigenvalue weighted by atomic mass is 28.4. The lowest BCUT2D eigenvalue weighted by Crippen LogP contribution is -2.51. The summed E-state index contributed by atoms with van der Waals surface area (Å²) in [5, 5.41) is 0.231. The van der Waals surface area contributed by atoms with Crippen molar-refractivity contribution in [1.82, 2.24) is 0 Å². The Morgan fingerprint density at radius 1 is 1.10 bits per heavy atom. The Bertz CT molecular complexity index is 310. The molecule has 1 aliphatic heterocycles. The van der Waals surface area contributed by atoms with Gasteiger partial charge in [0.05, 0.1) is 12.7 Å². The van der Waals surface area contributed by atoms with E-state index in [9.17, 15) is 0 Å². The van der Waals surface area contributed by atoms with Crippen LogP contribution in [0.1, 0.15) is 59.3 Å². The quantitative estimate of drug-likeness (QED) is 0.566. The van der Waals surface area contributed by atoms with E-state index in [-0.39, 0.29) is 16.9 Å². The van der Waals surface area contributed by atoms with Crippen LogP contribution in [0.5, 0.6) is 0 Å². The molecule has 2 fully saturated rings. The van der Waals surface area contributed by atoms with E-state index in [1.807, 2.05) is 0 Å². The fourth-order valence-corrected chi connectivity index (χ4v) is 4.37. The Balaban J connectivity index is 2.05. The molecule has 0 amide bonds. The van der Waals surface area contributed by atoms with E-state index in [1.165, 1.54) is 12.8 Å². The summed E-state index contributed by atoms with van der Waals surface area (Å²) in [6.45, 7) is 13.2. The van der Waals surface area contributed by atoms with Crippen LogP contribution in [0.3, 0.4) is 0 Å². The first-order chi connectivity index (χ1) is 9.24. The van der Waals surface area contributed by atoms with Crippen molar-refractivity contribution in [2.24, 2.45) is 0 Å². The SMILES string of the molecule is CC(C)(C)[Si](C)(C)OC1(OC2CCCOC2)CCCC1. The van der Waals surface area contributed by atoms with Gasteiger partial charge in [0.15, 0.2) is 14.1 Å². The zero-order valence-electron chi connectivity index (χ0n) is 14.0. The van der Waals surface area contributed by atoms with Gasteiger partial charge in [0, 0.05) is 19.4 Å². The predicted molar refractivity (Wildman–Crippen MR) is 84.4 cm³/mol. The van der Waals surface area contributed by atoms with Crippen LogP contribution in [0.15, 0.2) is 0 Å². The highest BCUT2D eigenvalue weighted by molar-refractivity contribution is 6.74. The van der Waals surface area contributed by atoms with E-state index >= 15 is 0 Å². The lowest BCUT2D eigenvalue weighted by atomic mass is 10.1. The van der Waals surface area contributed by atoms with Crippen molar-refractivity contribution in [3.05, 3.63) is 0 Å². The lowest BCUT2D eigenvalue weighted by Gasteiger charge is -2.45. The standard InChI is InChI=1S/C16H32O3Si/c1-15(2,3)20(4,5)19-16(10-6-7-11-16)18-14-9-8-12-17-13-14/h14H,6-13H2,1-5H3. The summed E-state index contributed by atoms with van der Waals surface area (Å²) in [6, 6.07) is 0. The molecule has 1 saturated heterocycles. The van der Waals surface area contributed by atoms with E-state index < -0.39 is 8.32 Å². The van der Waals surface area contributed by atoms with E-state index in [0.717, 1.165) is 38.9 Å². The summed E-state index contributed by atoms with van der Waals surface area (Å²) < 4.78 is 18.7. The van der Waals surface area contributed by atoms with Gasteiger partial charge in [-0.1, -0.05) is 20.8 Å². The van der Waals surface area contributed by atoms with E-state index in [2.05, 4.69) is 33.9 Å². The van der Waals surface area contributed by atoms with E-state index in [4.69, 9.17) is 13.9 Å². The monoisotopic (exact) mass is 300 g/mol. The molecule has 118 valence electrons. The van der Waals surface area contributed by atoms with Gasteiger partial charge >= 0.3 is 0 Å². The molecule has 3 nitrogen and oxygen atoms in total. The summed E-state index contributed by atoms with van der Waals surface area (Å²) in [6.07, 6.45) is 7.01. The van der Waals surface area contributed by atoms with Crippen LogP contribution in [0.25, 0.3) is 0 Å². The molecule has 2 aliphatic rings. The summed E-state index contributed by atoms with van der Waals surface area (Å²) in [7, 11) is -1.79. The topological polar surface area (TPSA) is 27.7 Å². The van der Waals surface area contributed by atoms with Crippen molar-refractivity contribution in [3.63, 3.8) is 0 Å². The molecule has 1 heterocycles. The molecule has 0 aromatic rings. The maximum atomic E-state index is 6.71. The van der Waals surface area contributed by atoms with Crippen molar-refractivity contribution in [3.8, 4) is 0 Å². The van der Waals surface area contributed by atoms with Crippen molar-refractivity contribution < 1.29 is 13.9 Å². The maximum Gasteiger partial charge on any atom is 0.195 e. The van der Waals surface area contributed by atoms with Gasteiger partial charge in [0.25, 0.3) is 0 Å². The highest BCUT2D eigenvalue weighted by Crippen LogP contribution is 2.45. The molecular weight excluding hydrogens is 268 g/mol. The van der Waals surface area contributed by atoms with Crippen LogP contribution < -0.4 is 0 Å². The average molecular weight is 301 g/mol. The van der Waals surface area contributed by atoms with Crippen molar-refractivity contribution in [2.75, 3.05) is 13.2 Å². The normalized spacial score (nSPS) is 27.8. The third-order valence-electron chi connectivity index (χ3n) is 5.11. The third-order valence-corrected chi connectivity index (χ3v) is 9.61. The maximum absolute atomic E-state index is 6.71. The van der Waals surface area contributed by atoms with Gasteiger partial charge in [-0.25, -0.2) is 0 Å². The van der Waals surface area contributed by atoms with Gasteiger partial charge in [-0.2, -0.15) is 0 Å². The first-order valence-electron chi connectivity index (χ1n) is 8.20. The van der Waals surface area contributed by atoms with Crippen molar-refractivity contribution >= 4 is 8.32 Å². The van der Waals surface area contributed by atoms with Gasteiger partial charge in [-0.3, -0.25) is 0 Å². The molecule has 1 atom stereocenters. The lowest BCUT2D eigenvalue weighted by molar-refractivity contribution is -0.231. The molecular formula is C16H32O3Si. The number of hydrogen-bond acceptors (Lipinski definition) is 3. The van der Waals surface area contributed by atoms with Crippen LogP contribution in [0.4, 0.5) is 0 Å². The van der Waals surface area contributed by atoms with Crippen LogP contribution in [0.2, 0.25) is 18.1 Å². The molecule has 4 heteroatoms. The Hall–Kier alpha value is 0.0969. The average Bonchev–Trinajstić information content (AvgIpc) is 2.76. The smallest absolute Gasteiger partial charge is 0.195 e. The van der Waals surface area contributed by atoms with Crippen LogP contribution >= 0.6 is 0 Å². The van der Waals surface area contributed by atoms with Gasteiger partial charge in [0.2, 0.25) is 0 Å². The second-order valence-electron chi connectivity index (χ2n) is 7.94. The minimum absolute atomic E-state index is 0.228. The summed E-state index contributed by atoms with van der Waals surface area (Å²) in [5.74, 6) is -0.325. The molecule has 20 heavy (non-hydrogen) atoms. The Morgan fingerprint density at radius 3 is 2.25 bits per heavy atom. The fraction of sp³-hybridized carbons (Fsp3) is 1.00. The number of ether oxygens (including phenoxy) is 2. The molecule has 2 rings (SSSR count). The summed E-state index contributed by atoms with van der Waals surface area (Å²) in [4.78, 5) is 0. The minimum Gasteiger partial charge on any atom is -0.390 e. The summed E-state index contributed by atoms with van der Waals surface area (Å²) >= 11 is 0. The van der Waals surface area contributed by atoms with Crippen molar-refractivity contribution in [2.45, 2.75) is 89.3 Å². The van der Waals surface area contributed by atoms with Crippen LogP contribution in [-0.2, 0) is 13.9 Å². The van der Waals surface area contributed by atoms with Gasteiger partial charge in [-0.15, -0.1) is 0 Å². The molecule has 0 radical (unpaired) electrons. The Kier molecular flexibility index (Phi) is 5.00. The Morgan fingerprint density at radius 2 is 1.75 bits per heavy atom. The first-order valence-corrected chi connectivity index (χ1v) is 11.1. The predicted octanol–water partition coefficient (Wildman–Crippen LogP) is 4.47. The zero-order chi connectivity index (χ0) is 14.9. The molecule has 0 spiro atoms. The largest absolute Gasteiger partial charge is 0.390 e. The molecule has 1 unspecified atom stereocenters. The second-order valence-corrected chi connectivity index (χ2v) is 12.7. The molecule has 0 aromatic heterocycles. The first kappa shape index (κ1) is 16.5. The zero-order valence-corrected chi connectivity index (χ0v) is 15.0. The number of rotatable bonds is 4. The number of hydrogen-bond donors (Lipinski definition) is 0.